The van der Waals surface area contributed by atoms with Gasteiger partial charge in [0.2, 0.25) is 0 Å². The molecule has 6 nitrogen and oxygen atoms in total. The average molecular weight is 319 g/mol. The van der Waals surface area contributed by atoms with E-state index < -0.39 is 4.92 Å². The summed E-state index contributed by atoms with van der Waals surface area (Å²) >= 11 is 0. The van der Waals surface area contributed by atoms with E-state index in [1.165, 1.54) is 24.3 Å². The number of nitro benzene ring substituents is 1. The summed E-state index contributed by atoms with van der Waals surface area (Å²) in [5.74, 6) is -0.176. The molecule has 1 aromatic heterocycles. The Kier molecular flexibility index (Phi) is 3.16. The van der Waals surface area contributed by atoms with Crippen molar-refractivity contribution in [2.45, 2.75) is 6.54 Å². The van der Waals surface area contributed by atoms with Crippen molar-refractivity contribution in [3.8, 4) is 5.69 Å². The monoisotopic (exact) mass is 319 g/mol. The first-order valence-corrected chi connectivity index (χ1v) is 7.47. The van der Waals surface area contributed by atoms with Gasteiger partial charge in [0.05, 0.1) is 22.8 Å². The van der Waals surface area contributed by atoms with E-state index in [9.17, 15) is 14.9 Å². The molecule has 0 atom stereocenters. The normalized spacial score (nSPS) is 12.4. The fraction of sp³-hybridized carbons (Fsp3) is 0.0556. The number of para-hydroxylation sites is 2. The van der Waals surface area contributed by atoms with E-state index in [4.69, 9.17) is 0 Å². The average Bonchev–Trinajstić information content (AvgIpc) is 3.09. The fourth-order valence-electron chi connectivity index (χ4n) is 2.99. The summed E-state index contributed by atoms with van der Waals surface area (Å²) < 4.78 is 2.06. The summed E-state index contributed by atoms with van der Waals surface area (Å²) in [5, 5.41) is 10.8. The summed E-state index contributed by atoms with van der Waals surface area (Å²) in [5.41, 5.74) is 3.18. The minimum absolute atomic E-state index is 0.0283. The molecule has 118 valence electrons. The Hall–Kier alpha value is -3.41. The Bertz CT molecular complexity index is 944. The van der Waals surface area contributed by atoms with E-state index >= 15 is 0 Å². The van der Waals surface area contributed by atoms with Crippen LogP contribution in [0.5, 0.6) is 0 Å². The molecule has 4 rings (SSSR count). The molecule has 0 fully saturated rings. The Balaban J connectivity index is 1.74. The van der Waals surface area contributed by atoms with Crippen molar-refractivity contribution in [3.05, 3.63) is 88.2 Å². The number of nitrogens with zero attached hydrogens (tertiary/aromatic N) is 3. The zero-order chi connectivity index (χ0) is 16.7. The molecule has 1 aliphatic heterocycles. The lowest BCUT2D eigenvalue weighted by Crippen LogP contribution is -2.34. The van der Waals surface area contributed by atoms with Crippen molar-refractivity contribution in [1.82, 2.24) is 4.57 Å². The summed E-state index contributed by atoms with van der Waals surface area (Å²) in [6.45, 7) is 0.458. The standard InChI is InChI=1S/C18H13N3O3/c22-18(13-7-9-14(10-8-13)21(23)24)20-12-15-4-3-11-19(15)16-5-1-2-6-17(16)20/h1-11H,12H2. The molecule has 0 saturated heterocycles. The molecule has 2 heterocycles. The molecule has 0 radical (unpaired) electrons. The van der Waals surface area contributed by atoms with Gasteiger partial charge in [0, 0.05) is 29.6 Å². The first kappa shape index (κ1) is 14.2. The van der Waals surface area contributed by atoms with Crippen LogP contribution in [0.4, 0.5) is 11.4 Å². The van der Waals surface area contributed by atoms with E-state index in [1.807, 2.05) is 42.6 Å². The van der Waals surface area contributed by atoms with Crippen molar-refractivity contribution in [3.63, 3.8) is 0 Å². The number of hydrogen-bond acceptors (Lipinski definition) is 3. The highest BCUT2D eigenvalue weighted by Gasteiger charge is 2.26. The molecule has 0 N–H and O–H groups in total. The van der Waals surface area contributed by atoms with Crippen LogP contribution in [0.2, 0.25) is 0 Å². The summed E-state index contributed by atoms with van der Waals surface area (Å²) in [7, 11) is 0. The number of hydrogen-bond donors (Lipinski definition) is 0. The Morgan fingerprint density at radius 3 is 2.38 bits per heavy atom. The molecular formula is C18H13N3O3. The van der Waals surface area contributed by atoms with Crippen LogP contribution in [0, 0.1) is 10.1 Å². The van der Waals surface area contributed by atoms with Gasteiger partial charge in [-0.1, -0.05) is 12.1 Å². The minimum atomic E-state index is -0.475. The molecule has 24 heavy (non-hydrogen) atoms. The lowest BCUT2D eigenvalue weighted by Gasteiger charge is -2.31. The van der Waals surface area contributed by atoms with Crippen molar-refractivity contribution in [1.29, 1.82) is 0 Å². The molecular weight excluding hydrogens is 306 g/mol. The second-order valence-corrected chi connectivity index (χ2v) is 5.55. The summed E-state index contributed by atoms with van der Waals surface area (Å²) in [4.78, 5) is 24.9. The fourth-order valence-corrected chi connectivity index (χ4v) is 2.99. The number of aromatic nitrogens is 1. The zero-order valence-electron chi connectivity index (χ0n) is 12.6. The van der Waals surface area contributed by atoms with Crippen molar-refractivity contribution in [2.75, 3.05) is 4.90 Å². The highest BCUT2D eigenvalue weighted by molar-refractivity contribution is 6.07. The van der Waals surface area contributed by atoms with Crippen LogP contribution in [0.25, 0.3) is 5.69 Å². The molecule has 0 spiro atoms. The molecule has 6 heteroatoms. The Morgan fingerprint density at radius 2 is 1.67 bits per heavy atom. The van der Waals surface area contributed by atoms with Crippen LogP contribution in [0.1, 0.15) is 16.1 Å². The molecule has 3 aromatic rings. The van der Waals surface area contributed by atoms with Gasteiger partial charge in [-0.25, -0.2) is 0 Å². The first-order valence-electron chi connectivity index (χ1n) is 7.47. The number of fused-ring (bicyclic) bond motifs is 3. The maximum atomic E-state index is 12.9. The number of amides is 1. The molecule has 0 saturated carbocycles. The van der Waals surface area contributed by atoms with Crippen LogP contribution in [0.15, 0.2) is 66.9 Å². The van der Waals surface area contributed by atoms with Gasteiger partial charge in [0.15, 0.2) is 0 Å². The van der Waals surface area contributed by atoms with Crippen molar-refractivity contribution < 1.29 is 9.72 Å². The summed E-state index contributed by atoms with van der Waals surface area (Å²) in [6, 6.07) is 17.3. The van der Waals surface area contributed by atoms with E-state index in [1.54, 1.807) is 4.90 Å². The van der Waals surface area contributed by atoms with Gasteiger partial charge in [0.1, 0.15) is 0 Å². The van der Waals surface area contributed by atoms with Crippen LogP contribution in [-0.2, 0) is 6.54 Å². The molecule has 1 aliphatic rings. The predicted molar refractivity (Wildman–Crippen MR) is 89.4 cm³/mol. The van der Waals surface area contributed by atoms with E-state index in [0.717, 1.165) is 17.1 Å². The van der Waals surface area contributed by atoms with Gasteiger partial charge in [0.25, 0.3) is 11.6 Å². The number of rotatable bonds is 2. The number of nitro groups is 1. The second kappa shape index (κ2) is 5.34. The highest BCUT2D eigenvalue weighted by Crippen LogP contribution is 2.33. The van der Waals surface area contributed by atoms with Crippen molar-refractivity contribution in [2.24, 2.45) is 0 Å². The van der Waals surface area contributed by atoms with E-state index in [0.29, 0.717) is 12.1 Å². The maximum Gasteiger partial charge on any atom is 0.269 e. The Labute approximate surface area is 137 Å². The highest BCUT2D eigenvalue weighted by atomic mass is 16.6. The van der Waals surface area contributed by atoms with Crippen LogP contribution in [0.3, 0.4) is 0 Å². The van der Waals surface area contributed by atoms with Gasteiger partial charge < -0.3 is 9.47 Å². The summed E-state index contributed by atoms with van der Waals surface area (Å²) in [6.07, 6.45) is 1.97. The second-order valence-electron chi connectivity index (χ2n) is 5.55. The third-order valence-corrected chi connectivity index (χ3v) is 4.16. The van der Waals surface area contributed by atoms with Crippen LogP contribution in [-0.4, -0.2) is 15.4 Å². The quantitative estimate of drug-likeness (QED) is 0.536. The van der Waals surface area contributed by atoms with E-state index in [2.05, 4.69) is 4.57 Å². The third-order valence-electron chi connectivity index (χ3n) is 4.16. The molecule has 1 amide bonds. The first-order chi connectivity index (χ1) is 11.6. The number of non-ortho nitro benzene ring substituents is 1. The zero-order valence-corrected chi connectivity index (χ0v) is 12.6. The lowest BCUT2D eigenvalue weighted by atomic mass is 10.1. The maximum absolute atomic E-state index is 12.9. The van der Waals surface area contributed by atoms with Gasteiger partial charge in [-0.15, -0.1) is 0 Å². The van der Waals surface area contributed by atoms with Gasteiger partial charge in [-0.05, 0) is 36.4 Å². The molecule has 2 aromatic carbocycles. The van der Waals surface area contributed by atoms with Crippen molar-refractivity contribution >= 4 is 17.3 Å². The van der Waals surface area contributed by atoms with Crippen LogP contribution >= 0.6 is 0 Å². The predicted octanol–water partition coefficient (Wildman–Crippen LogP) is 3.55. The van der Waals surface area contributed by atoms with Gasteiger partial charge in [-0.3, -0.25) is 14.9 Å². The molecule has 0 bridgehead atoms. The lowest BCUT2D eigenvalue weighted by molar-refractivity contribution is -0.384. The number of carbonyl (C=O) groups excluding carboxylic acids is 1. The van der Waals surface area contributed by atoms with Gasteiger partial charge in [-0.2, -0.15) is 0 Å². The largest absolute Gasteiger partial charge is 0.317 e. The number of carbonyl (C=O) groups is 1. The Morgan fingerprint density at radius 1 is 0.958 bits per heavy atom. The number of benzene rings is 2. The van der Waals surface area contributed by atoms with Gasteiger partial charge >= 0.3 is 0 Å². The van der Waals surface area contributed by atoms with Crippen LogP contribution < -0.4 is 4.90 Å². The minimum Gasteiger partial charge on any atom is -0.317 e. The SMILES string of the molecule is O=C(c1ccc([N+](=O)[O-])cc1)N1Cc2cccn2-c2ccccc21. The topological polar surface area (TPSA) is 68.4 Å². The third kappa shape index (κ3) is 2.16. The molecule has 0 unspecified atom stereocenters. The number of anilines is 1. The molecule has 0 aliphatic carbocycles. The van der Waals surface area contributed by atoms with E-state index in [-0.39, 0.29) is 11.6 Å². The smallest absolute Gasteiger partial charge is 0.269 e.